The van der Waals surface area contributed by atoms with Crippen LogP contribution < -0.4 is 15.4 Å². The van der Waals surface area contributed by atoms with Crippen LogP contribution in [0.15, 0.2) is 0 Å². The van der Waals surface area contributed by atoms with E-state index in [1.165, 1.54) is 17.8 Å². The Bertz CT molecular complexity index is 525. The molecule has 2 rings (SSSR count). The molecule has 0 unspecified atom stereocenters. The maximum atomic E-state index is 12.0. The van der Waals surface area contributed by atoms with Gasteiger partial charge < -0.3 is 20.1 Å². The molecule has 0 bridgehead atoms. The summed E-state index contributed by atoms with van der Waals surface area (Å²) in [6.07, 6.45) is 2.33. The van der Waals surface area contributed by atoms with Gasteiger partial charge in [0.15, 0.2) is 5.75 Å². The van der Waals surface area contributed by atoms with Crippen LogP contribution in [0.1, 0.15) is 43.3 Å². The number of piperidine rings is 1. The van der Waals surface area contributed by atoms with Crippen LogP contribution in [0.4, 0.5) is 10.7 Å². The fraction of sp³-hybridized carbons (Fsp3) is 0.667. The average Bonchev–Trinajstić information content (AvgIpc) is 2.75. The second-order valence-electron chi connectivity index (χ2n) is 6.09. The maximum Gasteiger partial charge on any atom is 0.350 e. The van der Waals surface area contributed by atoms with E-state index in [1.54, 1.807) is 14.0 Å². The van der Waals surface area contributed by atoms with E-state index in [0.717, 1.165) is 24.5 Å². The van der Waals surface area contributed by atoms with Crippen LogP contribution >= 0.6 is 11.3 Å². The largest absolute Gasteiger partial charge is 0.492 e. The van der Waals surface area contributed by atoms with Gasteiger partial charge in [0.05, 0.1) is 13.7 Å². The summed E-state index contributed by atoms with van der Waals surface area (Å²) >= 11 is 1.37. The fourth-order valence-corrected chi connectivity index (χ4v) is 3.88. The van der Waals surface area contributed by atoms with Crippen molar-refractivity contribution in [1.29, 1.82) is 0 Å². The van der Waals surface area contributed by atoms with Crippen molar-refractivity contribution < 1.29 is 14.3 Å². The summed E-state index contributed by atoms with van der Waals surface area (Å²) in [5.41, 5.74) is 6.72. The number of thiophene rings is 1. The minimum absolute atomic E-state index is 0.256. The Hall–Kier alpha value is -1.43. The first-order valence-electron chi connectivity index (χ1n) is 7.28. The van der Waals surface area contributed by atoms with Gasteiger partial charge in [-0.25, -0.2) is 4.79 Å². The van der Waals surface area contributed by atoms with Crippen LogP contribution in [0.25, 0.3) is 0 Å². The number of hydrogen-bond donors (Lipinski definition) is 1. The van der Waals surface area contributed by atoms with Crippen molar-refractivity contribution in [2.75, 3.05) is 37.4 Å². The number of ether oxygens (including phenoxy) is 2. The van der Waals surface area contributed by atoms with Gasteiger partial charge in [0.25, 0.3) is 0 Å². The number of nitrogens with two attached hydrogens (primary N) is 1. The number of nitrogens with zero attached hydrogens (tertiary/aromatic N) is 1. The molecule has 1 aliphatic heterocycles. The zero-order valence-corrected chi connectivity index (χ0v) is 14.0. The van der Waals surface area contributed by atoms with E-state index >= 15 is 0 Å². The molecule has 1 aliphatic rings. The number of anilines is 2. The standard InChI is InChI=1S/C15H24N2O3S/c1-5-20-14(18)12-10(16)11(19-4)13(21-12)17-8-6-7-15(2,3)9-17/h5-9,16H2,1-4H3. The fourth-order valence-electron chi connectivity index (χ4n) is 2.77. The number of carbonyl (C=O) groups excluding carboxylic acids is 1. The van der Waals surface area contributed by atoms with Crippen molar-refractivity contribution in [2.45, 2.75) is 33.6 Å². The number of rotatable bonds is 4. The third kappa shape index (κ3) is 3.26. The number of methoxy groups -OCH3 is 1. The van der Waals surface area contributed by atoms with Crippen molar-refractivity contribution in [3.05, 3.63) is 4.88 Å². The number of esters is 1. The molecule has 0 saturated carbocycles. The Morgan fingerprint density at radius 1 is 1.48 bits per heavy atom. The SMILES string of the molecule is CCOC(=O)c1sc(N2CCCC(C)(C)C2)c(OC)c1N. The van der Waals surface area contributed by atoms with Crippen LogP contribution in [0.5, 0.6) is 5.75 Å². The molecule has 2 N–H and O–H groups in total. The van der Waals surface area contributed by atoms with Gasteiger partial charge in [-0.05, 0) is 25.2 Å². The first-order chi connectivity index (χ1) is 9.89. The molecule has 21 heavy (non-hydrogen) atoms. The third-order valence-corrected chi connectivity index (χ3v) is 4.96. The quantitative estimate of drug-likeness (QED) is 0.865. The van der Waals surface area contributed by atoms with Crippen molar-refractivity contribution >= 4 is 28.0 Å². The van der Waals surface area contributed by atoms with E-state index in [4.69, 9.17) is 15.2 Å². The monoisotopic (exact) mass is 312 g/mol. The molecule has 0 aromatic carbocycles. The Morgan fingerprint density at radius 3 is 2.76 bits per heavy atom. The van der Waals surface area contributed by atoms with Gasteiger partial charge in [-0.2, -0.15) is 0 Å². The van der Waals surface area contributed by atoms with Crippen LogP contribution in [-0.4, -0.2) is 32.8 Å². The van der Waals surface area contributed by atoms with Crippen molar-refractivity contribution in [2.24, 2.45) is 5.41 Å². The molecule has 1 saturated heterocycles. The van der Waals surface area contributed by atoms with E-state index < -0.39 is 0 Å². The van der Waals surface area contributed by atoms with Crippen LogP contribution in [0, 0.1) is 5.41 Å². The molecular weight excluding hydrogens is 288 g/mol. The summed E-state index contributed by atoms with van der Waals surface area (Å²) in [6.45, 7) is 8.54. The minimum atomic E-state index is -0.374. The normalized spacial score (nSPS) is 17.6. The Morgan fingerprint density at radius 2 is 2.19 bits per heavy atom. The summed E-state index contributed by atoms with van der Waals surface area (Å²) in [6, 6.07) is 0. The van der Waals surface area contributed by atoms with E-state index in [9.17, 15) is 4.79 Å². The maximum absolute atomic E-state index is 12.0. The molecule has 0 atom stereocenters. The Labute approximate surface area is 130 Å². The number of carbonyl (C=O) groups is 1. The average molecular weight is 312 g/mol. The molecule has 1 aromatic heterocycles. The molecule has 0 radical (unpaired) electrons. The minimum Gasteiger partial charge on any atom is -0.492 e. The Balaban J connectivity index is 2.35. The second-order valence-corrected chi connectivity index (χ2v) is 7.09. The highest BCUT2D eigenvalue weighted by Crippen LogP contribution is 2.47. The third-order valence-electron chi connectivity index (χ3n) is 3.73. The second kappa shape index (κ2) is 6.13. The lowest BCUT2D eigenvalue weighted by Gasteiger charge is -2.38. The summed E-state index contributed by atoms with van der Waals surface area (Å²) in [7, 11) is 1.59. The van der Waals surface area contributed by atoms with Gasteiger partial charge in [-0.1, -0.05) is 13.8 Å². The topological polar surface area (TPSA) is 64.8 Å². The van der Waals surface area contributed by atoms with Crippen LogP contribution in [-0.2, 0) is 4.74 Å². The number of nitrogen functional groups attached to an aromatic ring is 1. The summed E-state index contributed by atoms with van der Waals surface area (Å²) < 4.78 is 10.5. The van der Waals surface area contributed by atoms with Gasteiger partial charge in [0, 0.05) is 13.1 Å². The highest BCUT2D eigenvalue weighted by atomic mass is 32.1. The van der Waals surface area contributed by atoms with Gasteiger partial charge in [0.1, 0.15) is 15.6 Å². The predicted molar refractivity (Wildman–Crippen MR) is 86.5 cm³/mol. The van der Waals surface area contributed by atoms with Crippen LogP contribution in [0.2, 0.25) is 0 Å². The van der Waals surface area contributed by atoms with Crippen molar-refractivity contribution in [3.8, 4) is 5.75 Å². The summed E-state index contributed by atoms with van der Waals surface area (Å²) in [5.74, 6) is 0.224. The lowest BCUT2D eigenvalue weighted by Crippen LogP contribution is -2.39. The molecule has 0 amide bonds. The van der Waals surface area contributed by atoms with Gasteiger partial charge >= 0.3 is 5.97 Å². The van der Waals surface area contributed by atoms with E-state index in [1.807, 2.05) is 0 Å². The van der Waals surface area contributed by atoms with Gasteiger partial charge in [-0.15, -0.1) is 11.3 Å². The van der Waals surface area contributed by atoms with Crippen molar-refractivity contribution in [3.63, 3.8) is 0 Å². The first-order valence-corrected chi connectivity index (χ1v) is 8.09. The molecule has 0 spiro atoms. The van der Waals surface area contributed by atoms with E-state index in [0.29, 0.717) is 22.9 Å². The first kappa shape index (κ1) is 15.9. The molecular formula is C15H24N2O3S. The van der Waals surface area contributed by atoms with E-state index in [-0.39, 0.29) is 11.4 Å². The van der Waals surface area contributed by atoms with E-state index in [2.05, 4.69) is 18.7 Å². The highest BCUT2D eigenvalue weighted by Gasteiger charge is 2.32. The summed E-state index contributed by atoms with van der Waals surface area (Å²) in [5, 5.41) is 0.936. The lowest BCUT2D eigenvalue weighted by molar-refractivity contribution is 0.0533. The smallest absolute Gasteiger partial charge is 0.350 e. The molecule has 1 aromatic rings. The molecule has 118 valence electrons. The van der Waals surface area contributed by atoms with Gasteiger partial charge in [0.2, 0.25) is 0 Å². The zero-order chi connectivity index (χ0) is 15.6. The van der Waals surface area contributed by atoms with Crippen molar-refractivity contribution in [1.82, 2.24) is 0 Å². The number of hydrogen-bond acceptors (Lipinski definition) is 6. The summed E-state index contributed by atoms with van der Waals surface area (Å²) in [4.78, 5) is 14.7. The molecule has 0 aliphatic carbocycles. The Kier molecular flexibility index (Phi) is 4.66. The predicted octanol–water partition coefficient (Wildman–Crippen LogP) is 3.14. The molecule has 5 nitrogen and oxygen atoms in total. The highest BCUT2D eigenvalue weighted by molar-refractivity contribution is 7.19. The zero-order valence-electron chi connectivity index (χ0n) is 13.2. The molecule has 2 heterocycles. The van der Waals surface area contributed by atoms with Crippen LogP contribution in [0.3, 0.4) is 0 Å². The molecule has 1 fully saturated rings. The van der Waals surface area contributed by atoms with Gasteiger partial charge in [-0.3, -0.25) is 0 Å². The molecule has 6 heteroatoms. The lowest BCUT2D eigenvalue weighted by atomic mass is 9.84.